The first kappa shape index (κ1) is 16.7. The van der Waals surface area contributed by atoms with Crippen molar-refractivity contribution in [1.82, 2.24) is 14.8 Å². The third-order valence-corrected chi connectivity index (χ3v) is 4.98. The standard InChI is InChI=1S/C17H25N5O2/c1-2-21-7-3-4-14(21)11-22-10-12(8-16(22)23)17(24)20-13-5-6-15(18)19-9-13/h5-6,9,12,14H,2-4,7-8,10-11H2,1H3,(H2,18,19)(H,20,24). The quantitative estimate of drug-likeness (QED) is 0.838. The van der Waals surface area contributed by atoms with Gasteiger partial charge in [-0.1, -0.05) is 6.92 Å². The molecule has 0 bridgehead atoms. The molecule has 2 aliphatic rings. The number of likely N-dealkylation sites (N-methyl/N-ethyl adjacent to an activating group) is 1. The molecule has 130 valence electrons. The van der Waals surface area contributed by atoms with E-state index >= 15 is 0 Å². The highest BCUT2D eigenvalue weighted by atomic mass is 16.2. The van der Waals surface area contributed by atoms with Crippen molar-refractivity contribution in [3.8, 4) is 0 Å². The maximum Gasteiger partial charge on any atom is 0.229 e. The maximum atomic E-state index is 12.4. The van der Waals surface area contributed by atoms with Gasteiger partial charge in [-0.2, -0.15) is 0 Å². The van der Waals surface area contributed by atoms with Gasteiger partial charge in [0.15, 0.2) is 0 Å². The summed E-state index contributed by atoms with van der Waals surface area (Å²) in [5, 5.41) is 2.82. The van der Waals surface area contributed by atoms with Crippen LogP contribution >= 0.6 is 0 Å². The third kappa shape index (κ3) is 3.67. The van der Waals surface area contributed by atoms with Crippen molar-refractivity contribution in [2.45, 2.75) is 32.2 Å². The average Bonchev–Trinajstić information content (AvgIpc) is 3.17. The van der Waals surface area contributed by atoms with Crippen molar-refractivity contribution in [1.29, 1.82) is 0 Å². The largest absolute Gasteiger partial charge is 0.384 e. The Balaban J connectivity index is 1.55. The van der Waals surface area contributed by atoms with E-state index in [9.17, 15) is 9.59 Å². The third-order valence-electron chi connectivity index (χ3n) is 4.98. The molecule has 1 aromatic heterocycles. The van der Waals surface area contributed by atoms with Crippen LogP contribution in [0.25, 0.3) is 0 Å². The van der Waals surface area contributed by atoms with Gasteiger partial charge in [0.05, 0.1) is 17.8 Å². The molecule has 0 spiro atoms. The molecule has 7 nitrogen and oxygen atoms in total. The minimum atomic E-state index is -0.300. The molecule has 1 aromatic rings. The van der Waals surface area contributed by atoms with Crippen LogP contribution in [-0.2, 0) is 9.59 Å². The number of amides is 2. The van der Waals surface area contributed by atoms with E-state index in [0.29, 0.717) is 24.1 Å². The number of rotatable bonds is 5. The molecule has 3 heterocycles. The summed E-state index contributed by atoms with van der Waals surface area (Å²) in [7, 11) is 0. The Hall–Kier alpha value is -2.15. The molecule has 2 saturated heterocycles. The zero-order chi connectivity index (χ0) is 17.1. The molecule has 24 heavy (non-hydrogen) atoms. The molecule has 2 fully saturated rings. The zero-order valence-corrected chi connectivity index (χ0v) is 14.1. The van der Waals surface area contributed by atoms with Crippen molar-refractivity contribution >= 4 is 23.3 Å². The summed E-state index contributed by atoms with van der Waals surface area (Å²) in [4.78, 5) is 32.9. The summed E-state index contributed by atoms with van der Waals surface area (Å²) >= 11 is 0. The van der Waals surface area contributed by atoms with Crippen LogP contribution in [0.1, 0.15) is 26.2 Å². The number of nitrogens with zero attached hydrogens (tertiary/aromatic N) is 3. The van der Waals surface area contributed by atoms with E-state index in [2.05, 4.69) is 22.1 Å². The van der Waals surface area contributed by atoms with E-state index in [1.54, 1.807) is 12.1 Å². The van der Waals surface area contributed by atoms with Gasteiger partial charge in [-0.15, -0.1) is 0 Å². The number of pyridine rings is 1. The summed E-state index contributed by atoms with van der Waals surface area (Å²) in [6.45, 7) is 5.51. The zero-order valence-electron chi connectivity index (χ0n) is 14.1. The lowest BCUT2D eigenvalue weighted by molar-refractivity contribution is -0.128. The number of carbonyl (C=O) groups is 2. The number of nitrogens with two attached hydrogens (primary N) is 1. The Bertz CT molecular complexity index is 604. The predicted molar refractivity (Wildman–Crippen MR) is 92.2 cm³/mol. The molecular formula is C17H25N5O2. The molecule has 0 saturated carbocycles. The van der Waals surface area contributed by atoms with Crippen molar-refractivity contribution in [2.75, 3.05) is 37.2 Å². The molecule has 2 unspecified atom stereocenters. The fraction of sp³-hybridized carbons (Fsp3) is 0.588. The first-order valence-electron chi connectivity index (χ1n) is 8.61. The van der Waals surface area contributed by atoms with Gasteiger partial charge in [-0.05, 0) is 38.1 Å². The number of nitrogens with one attached hydrogen (secondary N) is 1. The van der Waals surface area contributed by atoms with E-state index in [1.807, 2.05) is 4.90 Å². The van der Waals surface area contributed by atoms with Gasteiger partial charge < -0.3 is 16.0 Å². The van der Waals surface area contributed by atoms with Gasteiger partial charge in [-0.25, -0.2) is 4.98 Å². The summed E-state index contributed by atoms with van der Waals surface area (Å²) in [5.74, 6) is 0.0588. The summed E-state index contributed by atoms with van der Waals surface area (Å²) in [6.07, 6.45) is 4.13. The van der Waals surface area contributed by atoms with Crippen LogP contribution in [-0.4, -0.2) is 58.8 Å². The van der Waals surface area contributed by atoms with Crippen molar-refractivity contribution in [3.63, 3.8) is 0 Å². The molecular weight excluding hydrogens is 306 g/mol. The summed E-state index contributed by atoms with van der Waals surface area (Å²) in [6, 6.07) is 3.79. The van der Waals surface area contributed by atoms with E-state index in [1.165, 1.54) is 12.6 Å². The number of nitrogen functional groups attached to an aromatic ring is 1. The fourth-order valence-corrected chi connectivity index (χ4v) is 3.62. The first-order chi connectivity index (χ1) is 11.6. The molecule has 0 aliphatic carbocycles. The molecule has 0 radical (unpaired) electrons. The fourth-order valence-electron chi connectivity index (χ4n) is 3.62. The van der Waals surface area contributed by atoms with Gasteiger partial charge in [0.1, 0.15) is 5.82 Å². The lowest BCUT2D eigenvalue weighted by Gasteiger charge is -2.27. The maximum absolute atomic E-state index is 12.4. The number of hydrogen-bond acceptors (Lipinski definition) is 5. The van der Waals surface area contributed by atoms with Crippen LogP contribution in [0.4, 0.5) is 11.5 Å². The highest BCUT2D eigenvalue weighted by Crippen LogP contribution is 2.24. The van der Waals surface area contributed by atoms with Crippen LogP contribution < -0.4 is 11.1 Å². The molecule has 3 rings (SSSR count). The van der Waals surface area contributed by atoms with E-state index < -0.39 is 0 Å². The molecule has 2 atom stereocenters. The second-order valence-corrected chi connectivity index (χ2v) is 6.59. The first-order valence-corrected chi connectivity index (χ1v) is 8.61. The molecule has 0 aromatic carbocycles. The Morgan fingerprint density at radius 2 is 2.29 bits per heavy atom. The van der Waals surface area contributed by atoms with E-state index in [4.69, 9.17) is 5.73 Å². The second-order valence-electron chi connectivity index (χ2n) is 6.59. The van der Waals surface area contributed by atoms with Crippen LogP contribution in [0.5, 0.6) is 0 Å². The number of aromatic nitrogens is 1. The minimum Gasteiger partial charge on any atom is -0.384 e. The van der Waals surface area contributed by atoms with Crippen molar-refractivity contribution < 1.29 is 9.59 Å². The second kappa shape index (κ2) is 7.17. The lowest BCUT2D eigenvalue weighted by Crippen LogP contribution is -2.41. The van der Waals surface area contributed by atoms with Gasteiger partial charge >= 0.3 is 0 Å². The van der Waals surface area contributed by atoms with Crippen LogP contribution in [0.3, 0.4) is 0 Å². The van der Waals surface area contributed by atoms with E-state index in [0.717, 1.165) is 26.1 Å². The normalized spacial score (nSPS) is 24.5. The Morgan fingerprint density at radius 3 is 3.00 bits per heavy atom. The molecule has 2 amide bonds. The Kier molecular flexibility index (Phi) is 4.99. The highest BCUT2D eigenvalue weighted by molar-refractivity contribution is 5.97. The summed E-state index contributed by atoms with van der Waals surface area (Å²) in [5.41, 5.74) is 6.14. The van der Waals surface area contributed by atoms with E-state index in [-0.39, 0.29) is 24.2 Å². The smallest absolute Gasteiger partial charge is 0.229 e. The van der Waals surface area contributed by atoms with Crippen LogP contribution in [0, 0.1) is 5.92 Å². The monoisotopic (exact) mass is 331 g/mol. The van der Waals surface area contributed by atoms with Gasteiger partial charge in [0, 0.05) is 25.6 Å². The number of anilines is 2. The highest BCUT2D eigenvalue weighted by Gasteiger charge is 2.36. The molecule has 3 N–H and O–H groups in total. The Labute approximate surface area is 142 Å². The minimum absolute atomic E-state index is 0.0773. The predicted octanol–water partition coefficient (Wildman–Crippen LogP) is 0.935. The Morgan fingerprint density at radius 1 is 1.46 bits per heavy atom. The lowest BCUT2D eigenvalue weighted by atomic mass is 10.1. The topological polar surface area (TPSA) is 91.6 Å². The number of hydrogen-bond donors (Lipinski definition) is 2. The molecule has 2 aliphatic heterocycles. The van der Waals surface area contributed by atoms with Gasteiger partial charge in [0.25, 0.3) is 0 Å². The van der Waals surface area contributed by atoms with Crippen LogP contribution in [0.2, 0.25) is 0 Å². The molecule has 7 heteroatoms. The van der Waals surface area contributed by atoms with Crippen LogP contribution in [0.15, 0.2) is 18.3 Å². The summed E-state index contributed by atoms with van der Waals surface area (Å²) < 4.78 is 0. The van der Waals surface area contributed by atoms with Crippen molar-refractivity contribution in [2.24, 2.45) is 5.92 Å². The average molecular weight is 331 g/mol. The van der Waals surface area contributed by atoms with Gasteiger partial charge in [-0.3, -0.25) is 14.5 Å². The SMILES string of the molecule is CCN1CCCC1CN1CC(C(=O)Nc2ccc(N)nc2)CC1=O. The van der Waals surface area contributed by atoms with Crippen molar-refractivity contribution in [3.05, 3.63) is 18.3 Å². The number of carbonyl (C=O) groups excluding carboxylic acids is 2. The number of likely N-dealkylation sites (tertiary alicyclic amines) is 2. The van der Waals surface area contributed by atoms with Gasteiger partial charge in [0.2, 0.25) is 11.8 Å².